The number of aromatic nitrogens is 1. The summed E-state index contributed by atoms with van der Waals surface area (Å²) >= 11 is 0. The van der Waals surface area contributed by atoms with Crippen LogP contribution < -0.4 is 4.72 Å². The molecule has 0 saturated carbocycles. The Morgan fingerprint density at radius 2 is 1.73 bits per heavy atom. The van der Waals surface area contributed by atoms with Crippen LogP contribution in [0.3, 0.4) is 0 Å². The molecule has 1 aromatic carbocycles. The van der Waals surface area contributed by atoms with Gasteiger partial charge in [0.15, 0.2) is 10.7 Å². The molecule has 9 heteroatoms. The van der Waals surface area contributed by atoms with Gasteiger partial charge in [-0.2, -0.15) is 0 Å². The van der Waals surface area contributed by atoms with Crippen LogP contribution in [0.5, 0.6) is 0 Å². The van der Waals surface area contributed by atoms with E-state index < -0.39 is 10.0 Å². The third-order valence-corrected chi connectivity index (χ3v) is 6.04. The topological polar surface area (TPSA) is 95.8 Å². The van der Waals surface area contributed by atoms with Crippen LogP contribution in [0.15, 0.2) is 33.7 Å². The number of anilines is 1. The zero-order valence-corrected chi connectivity index (χ0v) is 15.8. The zero-order valence-electron chi connectivity index (χ0n) is 15.0. The van der Waals surface area contributed by atoms with Crippen molar-refractivity contribution in [3.8, 4) is 0 Å². The molecule has 26 heavy (non-hydrogen) atoms. The second-order valence-electron chi connectivity index (χ2n) is 6.43. The fourth-order valence-corrected chi connectivity index (χ4v) is 4.33. The standard InChI is InChI=1S/C17H22N4O4S/c1-12-16(13(2)25-18-12)26(23,24)19-15-6-4-14(5-7-15)17(22)21-10-8-20(3)9-11-21/h4-7,19H,8-11H2,1-3H3. The smallest absolute Gasteiger partial charge is 0.267 e. The fraction of sp³-hybridized carbons (Fsp3) is 0.412. The predicted octanol–water partition coefficient (Wildman–Crippen LogP) is 1.48. The highest BCUT2D eigenvalue weighted by molar-refractivity contribution is 7.92. The Balaban J connectivity index is 1.73. The van der Waals surface area contributed by atoms with Crippen LogP contribution in [0.2, 0.25) is 0 Å². The molecule has 2 aromatic rings. The molecule has 1 aliphatic rings. The lowest BCUT2D eigenvalue weighted by Crippen LogP contribution is -2.47. The molecule has 0 bridgehead atoms. The van der Waals surface area contributed by atoms with E-state index in [2.05, 4.69) is 14.8 Å². The minimum absolute atomic E-state index is 0.0371. The molecular weight excluding hydrogens is 356 g/mol. The van der Waals surface area contributed by atoms with Crippen molar-refractivity contribution < 1.29 is 17.7 Å². The first-order valence-electron chi connectivity index (χ1n) is 8.31. The van der Waals surface area contributed by atoms with Crippen LogP contribution in [0.25, 0.3) is 0 Å². The number of carbonyl (C=O) groups excluding carboxylic acids is 1. The third kappa shape index (κ3) is 3.73. The predicted molar refractivity (Wildman–Crippen MR) is 96.6 cm³/mol. The second kappa shape index (κ2) is 7.08. The molecule has 0 radical (unpaired) electrons. The summed E-state index contributed by atoms with van der Waals surface area (Å²) in [6, 6.07) is 6.43. The number of likely N-dealkylation sites (N-methyl/N-ethyl adjacent to an activating group) is 1. The molecule has 1 aliphatic heterocycles. The molecule has 1 aromatic heterocycles. The molecule has 8 nitrogen and oxygen atoms in total. The average Bonchev–Trinajstić information content (AvgIpc) is 2.95. The summed E-state index contributed by atoms with van der Waals surface area (Å²) in [6.07, 6.45) is 0. The van der Waals surface area contributed by atoms with Crippen molar-refractivity contribution in [3.05, 3.63) is 41.3 Å². The summed E-state index contributed by atoms with van der Waals surface area (Å²) in [5.41, 5.74) is 1.21. The van der Waals surface area contributed by atoms with Gasteiger partial charge in [0, 0.05) is 37.4 Å². The Labute approximate surface area is 152 Å². The van der Waals surface area contributed by atoms with Gasteiger partial charge in [-0.05, 0) is 45.2 Å². The van der Waals surface area contributed by atoms with E-state index in [4.69, 9.17) is 4.52 Å². The third-order valence-electron chi connectivity index (χ3n) is 4.41. The number of carbonyl (C=O) groups is 1. The van der Waals surface area contributed by atoms with Gasteiger partial charge in [0.2, 0.25) is 0 Å². The van der Waals surface area contributed by atoms with Gasteiger partial charge >= 0.3 is 0 Å². The molecular formula is C17H22N4O4S. The van der Waals surface area contributed by atoms with Gasteiger partial charge in [0.25, 0.3) is 15.9 Å². The molecule has 1 fully saturated rings. The van der Waals surface area contributed by atoms with Gasteiger partial charge in [-0.3, -0.25) is 9.52 Å². The summed E-state index contributed by atoms with van der Waals surface area (Å²) in [5.74, 6) is 0.190. The molecule has 3 rings (SSSR count). The minimum Gasteiger partial charge on any atom is -0.360 e. The maximum absolute atomic E-state index is 12.5. The Hall–Kier alpha value is -2.39. The SMILES string of the molecule is Cc1noc(C)c1S(=O)(=O)Nc1ccc(C(=O)N2CCN(C)CC2)cc1. The summed E-state index contributed by atoms with van der Waals surface area (Å²) in [7, 11) is -1.77. The largest absolute Gasteiger partial charge is 0.360 e. The molecule has 1 N–H and O–H groups in total. The van der Waals surface area contributed by atoms with Crippen LogP contribution >= 0.6 is 0 Å². The summed E-state index contributed by atoms with van der Waals surface area (Å²) in [5, 5.41) is 3.67. The molecule has 2 heterocycles. The fourth-order valence-electron chi connectivity index (χ4n) is 2.94. The minimum atomic E-state index is -3.80. The van der Waals surface area contributed by atoms with Crippen molar-refractivity contribution >= 4 is 21.6 Å². The van der Waals surface area contributed by atoms with E-state index in [1.807, 2.05) is 11.9 Å². The molecule has 1 amide bonds. The monoisotopic (exact) mass is 378 g/mol. The van der Waals surface area contributed by atoms with E-state index in [0.717, 1.165) is 13.1 Å². The number of nitrogens with zero attached hydrogens (tertiary/aromatic N) is 3. The van der Waals surface area contributed by atoms with E-state index in [1.165, 1.54) is 0 Å². The molecule has 0 atom stereocenters. The number of nitrogens with one attached hydrogen (secondary N) is 1. The summed E-state index contributed by atoms with van der Waals surface area (Å²) in [4.78, 5) is 16.5. The van der Waals surface area contributed by atoms with Crippen LogP contribution in [0, 0.1) is 13.8 Å². The lowest BCUT2D eigenvalue weighted by Gasteiger charge is -2.32. The molecule has 0 unspecified atom stereocenters. The quantitative estimate of drug-likeness (QED) is 0.866. The van der Waals surface area contributed by atoms with E-state index in [0.29, 0.717) is 30.0 Å². The number of aryl methyl sites for hydroxylation is 2. The lowest BCUT2D eigenvalue weighted by molar-refractivity contribution is 0.0664. The zero-order chi connectivity index (χ0) is 18.9. The first-order chi connectivity index (χ1) is 12.3. The van der Waals surface area contributed by atoms with E-state index >= 15 is 0 Å². The van der Waals surface area contributed by atoms with Crippen LogP contribution in [0.4, 0.5) is 5.69 Å². The van der Waals surface area contributed by atoms with Crippen molar-refractivity contribution in [1.82, 2.24) is 15.0 Å². The number of amides is 1. The highest BCUT2D eigenvalue weighted by Gasteiger charge is 2.25. The first kappa shape index (κ1) is 18.4. The van der Waals surface area contributed by atoms with E-state index in [-0.39, 0.29) is 16.6 Å². The molecule has 1 saturated heterocycles. The number of hydrogen-bond acceptors (Lipinski definition) is 6. The van der Waals surface area contributed by atoms with Crippen molar-refractivity contribution in [2.45, 2.75) is 18.7 Å². The van der Waals surface area contributed by atoms with Crippen molar-refractivity contribution in [2.75, 3.05) is 37.9 Å². The van der Waals surface area contributed by atoms with Crippen LogP contribution in [0.1, 0.15) is 21.8 Å². The van der Waals surface area contributed by atoms with Crippen molar-refractivity contribution in [2.24, 2.45) is 0 Å². The Kier molecular flexibility index (Phi) is 5.01. The van der Waals surface area contributed by atoms with E-state index in [1.54, 1.807) is 38.1 Å². The van der Waals surface area contributed by atoms with Gasteiger partial charge in [0.1, 0.15) is 5.69 Å². The first-order valence-corrected chi connectivity index (χ1v) is 9.80. The Morgan fingerprint density at radius 3 is 2.27 bits per heavy atom. The molecule has 0 aliphatic carbocycles. The molecule has 0 spiro atoms. The van der Waals surface area contributed by atoms with Gasteiger partial charge in [-0.15, -0.1) is 0 Å². The second-order valence-corrected chi connectivity index (χ2v) is 8.05. The Bertz CT molecular complexity index is 878. The number of piperazine rings is 1. The number of benzene rings is 1. The highest BCUT2D eigenvalue weighted by Crippen LogP contribution is 2.22. The van der Waals surface area contributed by atoms with Gasteiger partial charge in [-0.25, -0.2) is 8.42 Å². The number of hydrogen-bond donors (Lipinski definition) is 1. The molecule has 140 valence electrons. The summed E-state index contributed by atoms with van der Waals surface area (Å²) in [6.45, 7) is 6.20. The maximum atomic E-state index is 12.5. The van der Waals surface area contributed by atoms with Gasteiger partial charge in [-0.1, -0.05) is 5.16 Å². The number of sulfonamides is 1. The van der Waals surface area contributed by atoms with Crippen molar-refractivity contribution in [3.63, 3.8) is 0 Å². The average molecular weight is 378 g/mol. The van der Waals surface area contributed by atoms with E-state index in [9.17, 15) is 13.2 Å². The van der Waals surface area contributed by atoms with Gasteiger partial charge < -0.3 is 14.3 Å². The van der Waals surface area contributed by atoms with Crippen LogP contribution in [-0.4, -0.2) is 62.5 Å². The highest BCUT2D eigenvalue weighted by atomic mass is 32.2. The normalized spacial score (nSPS) is 15.9. The number of rotatable bonds is 4. The Morgan fingerprint density at radius 1 is 1.12 bits per heavy atom. The van der Waals surface area contributed by atoms with Crippen molar-refractivity contribution in [1.29, 1.82) is 0 Å². The maximum Gasteiger partial charge on any atom is 0.267 e. The lowest BCUT2D eigenvalue weighted by atomic mass is 10.1. The summed E-state index contributed by atoms with van der Waals surface area (Å²) < 4.78 is 32.4. The van der Waals surface area contributed by atoms with Crippen LogP contribution in [-0.2, 0) is 10.0 Å². The van der Waals surface area contributed by atoms with Gasteiger partial charge in [0.05, 0.1) is 0 Å².